The number of carboxylic acid groups (broad SMARTS) is 1. The minimum atomic E-state index is -4.06. The molecular weight excluding hydrogens is 564 g/mol. The van der Waals surface area contributed by atoms with Gasteiger partial charge in [-0.15, -0.1) is 11.3 Å². The molecule has 0 spiro atoms. The van der Waals surface area contributed by atoms with Gasteiger partial charge in [0, 0.05) is 56.2 Å². The molecule has 2 aliphatic rings. The second-order valence-corrected chi connectivity index (χ2v) is 13.7. The van der Waals surface area contributed by atoms with Crippen molar-refractivity contribution in [2.45, 2.75) is 23.1 Å². The summed E-state index contributed by atoms with van der Waals surface area (Å²) in [5, 5.41) is 11.2. The molecule has 0 radical (unpaired) electrons. The first-order valence-corrected chi connectivity index (χ1v) is 15.1. The zero-order valence-corrected chi connectivity index (χ0v) is 23.9. The van der Waals surface area contributed by atoms with Crippen LogP contribution in [-0.2, 0) is 19.6 Å². The van der Waals surface area contributed by atoms with E-state index >= 15 is 0 Å². The summed E-state index contributed by atoms with van der Waals surface area (Å²) in [7, 11) is -0.305. The number of carboxylic acids is 1. The van der Waals surface area contributed by atoms with E-state index in [0.29, 0.717) is 34.1 Å². The maximum absolute atomic E-state index is 13.4. The van der Waals surface area contributed by atoms with Crippen LogP contribution in [0.25, 0.3) is 10.1 Å². The minimum absolute atomic E-state index is 0.0553. The number of aromatic nitrogens is 2. The van der Waals surface area contributed by atoms with Crippen molar-refractivity contribution in [1.29, 1.82) is 0 Å². The Kier molecular flexibility index (Phi) is 7.68. The van der Waals surface area contributed by atoms with E-state index in [0.717, 1.165) is 34.3 Å². The van der Waals surface area contributed by atoms with Gasteiger partial charge >= 0.3 is 5.97 Å². The van der Waals surface area contributed by atoms with Crippen LogP contribution in [0.3, 0.4) is 0 Å². The Labute approximate surface area is 235 Å². The quantitative estimate of drug-likeness (QED) is 0.440. The van der Waals surface area contributed by atoms with Gasteiger partial charge in [0.2, 0.25) is 11.9 Å². The van der Waals surface area contributed by atoms with Crippen LogP contribution < -0.4 is 9.80 Å². The number of amides is 1. The van der Waals surface area contributed by atoms with Gasteiger partial charge in [0.25, 0.3) is 10.0 Å². The van der Waals surface area contributed by atoms with Gasteiger partial charge in [-0.25, -0.2) is 18.2 Å². The standard InChI is InChI=1S/C25H29ClN6O5S2/c1-29(2)25-27-8-5-21(28-25)30-9-6-16(7-10-30)13-32-19(24(34)35)14-31(15-22(32)33)39(36,37)23-11-17-3-4-18(26)12-20(17)38-23/h3-5,8,11-12,16,19H,6-7,9-10,13-15H2,1-2H3,(H,34,35). The molecule has 1 N–H and O–H groups in total. The van der Waals surface area contributed by atoms with Gasteiger partial charge in [0.15, 0.2) is 0 Å². The number of halogens is 1. The lowest BCUT2D eigenvalue weighted by molar-refractivity contribution is -0.154. The molecule has 11 nitrogen and oxygen atoms in total. The van der Waals surface area contributed by atoms with E-state index < -0.39 is 34.5 Å². The van der Waals surface area contributed by atoms with Crippen LogP contribution in [0, 0.1) is 5.92 Å². The van der Waals surface area contributed by atoms with Crippen LogP contribution in [0.1, 0.15) is 12.8 Å². The van der Waals surface area contributed by atoms with E-state index in [4.69, 9.17) is 11.6 Å². The Balaban J connectivity index is 1.26. The molecule has 1 aromatic carbocycles. The fourth-order valence-corrected chi connectivity index (χ4v) is 8.21. The first-order valence-electron chi connectivity index (χ1n) is 12.5. The van der Waals surface area contributed by atoms with Crippen molar-refractivity contribution in [3.63, 3.8) is 0 Å². The Morgan fingerprint density at radius 2 is 1.95 bits per heavy atom. The SMILES string of the molecule is CN(C)c1nccc(N2CCC(CN3C(=O)CN(S(=O)(=O)c4cc5ccc(Cl)cc5s4)CC3C(=O)O)CC2)n1. The summed E-state index contributed by atoms with van der Waals surface area (Å²) in [6.45, 7) is 1.00. The maximum Gasteiger partial charge on any atom is 0.327 e. The summed E-state index contributed by atoms with van der Waals surface area (Å²) in [5.41, 5.74) is 0. The molecule has 0 saturated carbocycles. The number of rotatable bonds is 7. The Morgan fingerprint density at radius 3 is 2.64 bits per heavy atom. The van der Waals surface area contributed by atoms with E-state index in [2.05, 4.69) is 14.9 Å². The summed E-state index contributed by atoms with van der Waals surface area (Å²) in [5.74, 6) is -0.181. The Morgan fingerprint density at radius 1 is 1.21 bits per heavy atom. The van der Waals surface area contributed by atoms with Crippen LogP contribution in [0.5, 0.6) is 0 Å². The zero-order chi connectivity index (χ0) is 27.9. The van der Waals surface area contributed by atoms with Gasteiger partial charge in [-0.3, -0.25) is 4.79 Å². The summed E-state index contributed by atoms with van der Waals surface area (Å²) in [6, 6.07) is 7.23. The van der Waals surface area contributed by atoms with Crippen LogP contribution in [0.2, 0.25) is 5.02 Å². The van der Waals surface area contributed by atoms with Gasteiger partial charge in [-0.1, -0.05) is 17.7 Å². The molecule has 4 heterocycles. The second kappa shape index (κ2) is 10.9. The van der Waals surface area contributed by atoms with Crippen molar-refractivity contribution >= 4 is 66.7 Å². The fraction of sp³-hybridized carbons (Fsp3) is 0.440. The molecule has 2 saturated heterocycles. The molecule has 5 rings (SSSR count). The first kappa shape index (κ1) is 27.6. The van der Waals surface area contributed by atoms with E-state index in [9.17, 15) is 23.1 Å². The number of hydrogen-bond donors (Lipinski definition) is 1. The Bertz CT molecular complexity index is 1510. The number of piperazine rings is 1. The maximum atomic E-state index is 13.4. The number of benzene rings is 1. The average molecular weight is 593 g/mol. The van der Waals surface area contributed by atoms with Gasteiger partial charge < -0.3 is 19.8 Å². The van der Waals surface area contributed by atoms with Crippen LogP contribution >= 0.6 is 22.9 Å². The molecular formula is C25H29ClN6O5S2. The number of piperidine rings is 1. The lowest BCUT2D eigenvalue weighted by atomic mass is 9.95. The molecule has 208 valence electrons. The molecule has 3 aromatic rings. The predicted molar refractivity (Wildman–Crippen MR) is 150 cm³/mol. The average Bonchev–Trinajstić information content (AvgIpc) is 3.34. The van der Waals surface area contributed by atoms with Gasteiger partial charge in [0.05, 0.1) is 6.54 Å². The molecule has 2 fully saturated rings. The summed E-state index contributed by atoms with van der Waals surface area (Å²) in [4.78, 5) is 39.6. The number of aliphatic carboxylic acids is 1. The van der Waals surface area contributed by atoms with E-state index in [1.165, 1.54) is 11.0 Å². The number of fused-ring (bicyclic) bond motifs is 1. The van der Waals surface area contributed by atoms with Crippen LogP contribution in [0.15, 0.2) is 40.7 Å². The van der Waals surface area contributed by atoms with Crippen molar-refractivity contribution in [3.8, 4) is 0 Å². The summed E-state index contributed by atoms with van der Waals surface area (Å²) in [6.07, 6.45) is 3.23. The summed E-state index contributed by atoms with van der Waals surface area (Å²) >= 11 is 7.09. The van der Waals surface area contributed by atoms with Crippen LogP contribution in [0.4, 0.5) is 11.8 Å². The number of hydrogen-bond acceptors (Lipinski definition) is 9. The number of sulfonamides is 1. The van der Waals surface area contributed by atoms with Crippen molar-refractivity contribution in [2.75, 3.05) is 56.6 Å². The predicted octanol–water partition coefficient (Wildman–Crippen LogP) is 2.61. The van der Waals surface area contributed by atoms with Crippen molar-refractivity contribution < 1.29 is 23.1 Å². The largest absolute Gasteiger partial charge is 0.480 e. The molecule has 0 bridgehead atoms. The number of anilines is 2. The third kappa shape index (κ3) is 5.67. The second-order valence-electron chi connectivity index (χ2n) is 9.98. The highest BCUT2D eigenvalue weighted by Crippen LogP contribution is 2.34. The van der Waals surface area contributed by atoms with Gasteiger partial charge in [-0.2, -0.15) is 9.29 Å². The molecule has 2 aliphatic heterocycles. The fourth-order valence-electron chi connectivity index (χ4n) is 4.98. The highest BCUT2D eigenvalue weighted by molar-refractivity contribution is 7.91. The third-order valence-corrected chi connectivity index (χ3v) is 10.7. The molecule has 1 amide bonds. The highest BCUT2D eigenvalue weighted by atomic mass is 35.5. The number of carbonyl (C=O) groups excluding carboxylic acids is 1. The number of thiophene rings is 1. The topological polar surface area (TPSA) is 127 Å². The molecule has 0 aliphatic carbocycles. The van der Waals surface area contributed by atoms with E-state index in [-0.39, 0.29) is 23.2 Å². The third-order valence-electron chi connectivity index (χ3n) is 7.15. The van der Waals surface area contributed by atoms with Crippen LogP contribution in [-0.4, -0.2) is 97.4 Å². The molecule has 14 heteroatoms. The van der Waals surface area contributed by atoms with Gasteiger partial charge in [0.1, 0.15) is 16.1 Å². The van der Waals surface area contributed by atoms with Crippen molar-refractivity contribution in [3.05, 3.63) is 41.6 Å². The minimum Gasteiger partial charge on any atom is -0.480 e. The molecule has 39 heavy (non-hydrogen) atoms. The summed E-state index contributed by atoms with van der Waals surface area (Å²) < 4.78 is 28.6. The molecule has 1 atom stereocenters. The van der Waals surface area contributed by atoms with Gasteiger partial charge in [-0.05, 0) is 48.4 Å². The lowest BCUT2D eigenvalue weighted by Crippen LogP contribution is -2.61. The Hall–Kier alpha value is -3.00. The zero-order valence-electron chi connectivity index (χ0n) is 21.5. The smallest absolute Gasteiger partial charge is 0.327 e. The molecule has 1 unspecified atom stereocenters. The molecule has 2 aromatic heterocycles. The van der Waals surface area contributed by atoms with E-state index in [1.807, 2.05) is 25.1 Å². The van der Waals surface area contributed by atoms with Crippen molar-refractivity contribution in [2.24, 2.45) is 5.92 Å². The number of nitrogens with zero attached hydrogens (tertiary/aromatic N) is 6. The first-order chi connectivity index (χ1) is 18.5. The lowest BCUT2D eigenvalue weighted by Gasteiger charge is -2.41. The van der Waals surface area contributed by atoms with Crippen molar-refractivity contribution in [1.82, 2.24) is 19.2 Å². The highest BCUT2D eigenvalue weighted by Gasteiger charge is 2.43. The van der Waals surface area contributed by atoms with E-state index in [1.54, 1.807) is 24.4 Å². The monoisotopic (exact) mass is 592 g/mol. The number of carbonyl (C=O) groups is 2. The normalized spacial score (nSPS) is 19.6.